The summed E-state index contributed by atoms with van der Waals surface area (Å²) in [7, 11) is 0. The number of benzene rings is 6. The number of rotatable bonds is 20. The van der Waals surface area contributed by atoms with Crippen molar-refractivity contribution in [1.29, 1.82) is 0 Å². The van der Waals surface area contributed by atoms with E-state index in [0.29, 0.717) is 80.0 Å². The summed E-state index contributed by atoms with van der Waals surface area (Å²) in [5.74, 6) is -0.680. The van der Waals surface area contributed by atoms with Crippen LogP contribution in [0.25, 0.3) is 83.4 Å². The number of carboxylic acid groups (broad SMARTS) is 1. The van der Waals surface area contributed by atoms with Crippen molar-refractivity contribution in [3.63, 3.8) is 0 Å². The number of aliphatic carboxylic acids is 1. The molecular formula is C92H130N2O15S2. The predicted molar refractivity (Wildman–Crippen MR) is 466 cm³/mol. The largest absolute Gasteiger partial charge is 0.481 e. The van der Waals surface area contributed by atoms with E-state index >= 15 is 0 Å². The lowest BCUT2D eigenvalue weighted by atomic mass is 9.97. The van der Waals surface area contributed by atoms with Gasteiger partial charge in [-0.2, -0.15) is 0 Å². The smallest absolute Gasteiger partial charge is 0.346 e. The van der Waals surface area contributed by atoms with Crippen molar-refractivity contribution in [2.75, 3.05) is 39.6 Å². The molecule has 12 rings (SSSR count). The molecule has 2 aliphatic rings. The number of hydrogen-bond donors (Lipinski definition) is 5. The number of aromatic nitrogens is 1. The summed E-state index contributed by atoms with van der Waals surface area (Å²) in [6, 6.07) is 31.5. The Bertz CT molecular complexity index is 4490. The first-order chi connectivity index (χ1) is 52.9. The maximum atomic E-state index is 13.1. The number of hydrogen-bond acceptors (Lipinski definition) is 16. The molecule has 1 fully saturated rings. The quantitative estimate of drug-likeness (QED) is 0.0156. The molecule has 8 N–H and O–H groups in total. The Morgan fingerprint density at radius 3 is 1.23 bits per heavy atom. The standard InChI is InChI=1S/C23H19NO3S.C18H8O3S.C16H28O2.C15H28O2.C13H24O3.C5H13NO.2CH4.H2O/c25-13-5-1-4-12-24-22(26)16-9-8-15-14-6-2-3-7-18(14)28-19-11-10-17(23(24)27)20(16)21(15)19;19-17-11-6-5-10-9-3-1-2-4-13(9)22-14-8-7-12(18(20)21-17)15(11)16(10)14;17-16-14-12-10-8-6-4-2-1-3-5-7-9-11-13-15-18-16;16-15-13-11-9-7-5-3-1-2-4-6-8-10-12-14-17-15;14-12-10-8-6-4-2-1-3-5-7-9-11-13(15)16;6-4-2-1-3-5-7;;;/h2-3,6-11,25H,1,4-5,12-13H2;1-8H;1-2H,3-15H2;1-14H2;2,4,14H,1,3,5-12H2,(H,15,16);7H,1-6H2;2*1H4;1H2/b;;2-1+;;4-2+;;;;. The number of aliphatic hydroxyl groups excluding tert-OH is 3. The van der Waals surface area contributed by atoms with E-state index in [0.717, 1.165) is 168 Å². The van der Waals surface area contributed by atoms with Crippen molar-refractivity contribution in [2.45, 2.75) is 278 Å². The van der Waals surface area contributed by atoms with Crippen molar-refractivity contribution >= 4 is 124 Å². The third-order valence-corrected chi connectivity index (χ3v) is 22.2. The lowest BCUT2D eigenvalue weighted by Crippen LogP contribution is -2.33. The topological polar surface area (TPSA) is 294 Å². The van der Waals surface area contributed by atoms with Gasteiger partial charge < -0.3 is 45.5 Å². The second kappa shape index (κ2) is 56.5. The number of pyridine rings is 1. The second-order valence-electron chi connectivity index (χ2n) is 28.5. The summed E-state index contributed by atoms with van der Waals surface area (Å²) < 4.78 is 21.1. The van der Waals surface area contributed by atoms with Crippen molar-refractivity contribution < 1.29 is 54.2 Å². The number of nitrogens with two attached hydrogens (primary N) is 1. The number of esters is 2. The van der Waals surface area contributed by atoms with E-state index in [2.05, 4.69) is 48.6 Å². The fourth-order valence-electron chi connectivity index (χ4n) is 14.0. The molecular weight excluding hydrogens is 1440 g/mol. The Labute approximate surface area is 665 Å². The number of carbonyl (C=O) groups is 3. The van der Waals surface area contributed by atoms with E-state index in [4.69, 9.17) is 40.1 Å². The van der Waals surface area contributed by atoms with Crippen molar-refractivity contribution in [1.82, 2.24) is 4.57 Å². The van der Waals surface area contributed by atoms with E-state index in [-0.39, 0.29) is 56.6 Å². The number of ether oxygens (including phenoxy) is 2. The van der Waals surface area contributed by atoms with Gasteiger partial charge in [0.15, 0.2) is 0 Å². The minimum Gasteiger partial charge on any atom is -0.481 e. The van der Waals surface area contributed by atoms with E-state index in [1.54, 1.807) is 34.8 Å². The number of carboxylic acids is 1. The molecule has 1 saturated heterocycles. The second-order valence-corrected chi connectivity index (χ2v) is 30.7. The molecule has 19 heteroatoms. The number of allylic oxidation sites excluding steroid dienone is 4. The van der Waals surface area contributed by atoms with Gasteiger partial charge in [-0.15, -0.1) is 22.7 Å². The third kappa shape index (κ3) is 32.3. The van der Waals surface area contributed by atoms with Crippen LogP contribution in [0, 0.1) is 0 Å². The molecule has 6 heterocycles. The highest BCUT2D eigenvalue weighted by molar-refractivity contribution is 7.25. The molecule has 0 aliphatic carbocycles. The first kappa shape index (κ1) is 95.6. The Kier molecular flexibility index (Phi) is 48.6. The van der Waals surface area contributed by atoms with Crippen molar-refractivity contribution in [3.8, 4) is 0 Å². The molecule has 0 amide bonds. The molecule has 0 spiro atoms. The highest BCUT2D eigenvalue weighted by Gasteiger charge is 2.20. The Balaban J connectivity index is 0.000000289. The molecule has 0 bridgehead atoms. The summed E-state index contributed by atoms with van der Waals surface area (Å²) in [6.07, 6.45) is 52.4. The number of nitrogens with zero attached hydrogens (tertiary/aromatic N) is 1. The molecule has 4 aromatic heterocycles. The molecule has 6 aromatic carbocycles. The first-order valence-corrected chi connectivity index (χ1v) is 42.3. The Morgan fingerprint density at radius 2 is 0.766 bits per heavy atom. The molecule has 0 atom stereocenters. The Hall–Kier alpha value is -7.75. The lowest BCUT2D eigenvalue weighted by Gasteiger charge is -2.14. The van der Waals surface area contributed by atoms with Gasteiger partial charge in [-0.3, -0.25) is 28.5 Å². The SMILES string of the molecule is C.C.NCCCCCO.O.O=C(O)CCCCCC/C=C/CCCCO.O=C1CCCCCC/C=C/CCCCCCCO1.O=C1CCCCCCCCCCCCCCO1.O=c1c2ccc3sc4ccccc4c4ccc(c(=O)n1CCCCCO)c2c34.O=c1oc(=O)c2ccc3c4ccccc4sc4ccc1c2c43. The summed E-state index contributed by atoms with van der Waals surface area (Å²) >= 11 is 3.36. The average Bonchev–Trinajstić information content (AvgIpc) is 0.722. The van der Waals surface area contributed by atoms with Crippen LogP contribution < -0.4 is 28.1 Å². The van der Waals surface area contributed by atoms with E-state index in [1.165, 1.54) is 130 Å². The molecule has 17 nitrogen and oxygen atoms in total. The van der Waals surface area contributed by atoms with Crippen molar-refractivity contribution in [3.05, 3.63) is 163 Å². The van der Waals surface area contributed by atoms with Gasteiger partial charge in [-0.1, -0.05) is 197 Å². The monoisotopic (exact) mass is 1570 g/mol. The fraction of sp³-hybridized carbons (Fsp3) is 0.533. The highest BCUT2D eigenvalue weighted by Crippen LogP contribution is 2.41. The number of aliphatic hydroxyl groups is 3. The number of unbranched alkanes of at least 4 members (excludes halogenated alkanes) is 10. The zero-order chi connectivity index (χ0) is 76.8. The number of fused-ring (bicyclic) bond motifs is 4. The van der Waals surface area contributed by atoms with Crippen LogP contribution in [0.4, 0.5) is 0 Å². The van der Waals surface area contributed by atoms with E-state index < -0.39 is 17.2 Å². The lowest BCUT2D eigenvalue weighted by molar-refractivity contribution is -0.144. The minimum atomic E-state index is -0.691. The van der Waals surface area contributed by atoms with Crippen LogP contribution in [-0.4, -0.2) is 88.0 Å². The number of carbonyl (C=O) groups excluding carboxylic acids is 2. The molecule has 2 aliphatic heterocycles. The van der Waals surface area contributed by atoms with E-state index in [9.17, 15) is 33.6 Å². The molecule has 610 valence electrons. The van der Waals surface area contributed by atoms with Gasteiger partial charge in [0.25, 0.3) is 11.1 Å². The maximum absolute atomic E-state index is 13.1. The molecule has 0 unspecified atom stereocenters. The minimum absolute atomic E-state index is 0. The van der Waals surface area contributed by atoms with Crippen molar-refractivity contribution in [2.24, 2.45) is 5.73 Å². The van der Waals surface area contributed by atoms with Gasteiger partial charge in [-0.25, -0.2) is 9.59 Å². The summed E-state index contributed by atoms with van der Waals surface area (Å²) in [6.45, 7) is 3.13. The molecule has 111 heavy (non-hydrogen) atoms. The van der Waals surface area contributed by atoms with Gasteiger partial charge in [0, 0.05) is 96.7 Å². The van der Waals surface area contributed by atoms with Crippen LogP contribution in [0.15, 0.2) is 145 Å². The zero-order valence-electron chi connectivity index (χ0n) is 64.5. The molecule has 10 aromatic rings. The van der Waals surface area contributed by atoms with Crippen LogP contribution in [0.3, 0.4) is 0 Å². The average molecular weight is 1570 g/mol. The van der Waals surface area contributed by atoms with Crippen LogP contribution in [0.1, 0.15) is 272 Å². The van der Waals surface area contributed by atoms with Gasteiger partial charge in [-0.05, 0) is 205 Å². The van der Waals surface area contributed by atoms with Gasteiger partial charge in [0.05, 0.1) is 24.0 Å². The van der Waals surface area contributed by atoms with Crippen LogP contribution in [0.5, 0.6) is 0 Å². The first-order valence-electron chi connectivity index (χ1n) is 40.6. The van der Waals surface area contributed by atoms with Crippen LogP contribution in [0.2, 0.25) is 0 Å². The van der Waals surface area contributed by atoms with Gasteiger partial charge in [0.2, 0.25) is 0 Å². The number of cyclic esters (lactones) is 2. The summed E-state index contributed by atoms with van der Waals surface area (Å²) in [5.41, 5.74) is 3.63. The maximum Gasteiger partial charge on any atom is 0.346 e. The zero-order valence-corrected chi connectivity index (χ0v) is 66.1. The summed E-state index contributed by atoms with van der Waals surface area (Å²) in [5, 5.41) is 44.3. The molecule has 0 saturated carbocycles. The normalized spacial score (nSPS) is 15.0. The Morgan fingerprint density at radius 1 is 0.396 bits per heavy atom. The fourth-order valence-corrected chi connectivity index (χ4v) is 16.2. The van der Waals surface area contributed by atoms with Crippen LogP contribution >= 0.6 is 22.7 Å². The summed E-state index contributed by atoms with van der Waals surface area (Å²) in [4.78, 5) is 83.2. The van der Waals surface area contributed by atoms with Gasteiger partial charge >= 0.3 is 29.2 Å². The van der Waals surface area contributed by atoms with E-state index in [1.807, 2.05) is 60.7 Å². The predicted octanol–water partition coefficient (Wildman–Crippen LogP) is 21.7. The molecule has 0 radical (unpaired) electrons. The highest BCUT2D eigenvalue weighted by atomic mass is 32.1. The van der Waals surface area contributed by atoms with Crippen LogP contribution in [-0.2, 0) is 30.4 Å². The third-order valence-electron chi connectivity index (χ3n) is 20.0. The van der Waals surface area contributed by atoms with Gasteiger partial charge in [0.1, 0.15) is 0 Å².